The lowest BCUT2D eigenvalue weighted by atomic mass is 10.2. The summed E-state index contributed by atoms with van der Waals surface area (Å²) in [7, 11) is 0. The van der Waals surface area contributed by atoms with E-state index in [0.29, 0.717) is 11.3 Å². The van der Waals surface area contributed by atoms with Gasteiger partial charge in [0.25, 0.3) is 0 Å². The highest BCUT2D eigenvalue weighted by Crippen LogP contribution is 2.17. The lowest BCUT2D eigenvalue weighted by molar-refractivity contribution is 0.251. The van der Waals surface area contributed by atoms with Crippen LogP contribution >= 0.6 is 0 Å². The molecule has 6 heteroatoms. The number of rotatable bonds is 3. The van der Waals surface area contributed by atoms with Crippen molar-refractivity contribution in [2.24, 2.45) is 0 Å². The molecule has 0 fully saturated rings. The van der Waals surface area contributed by atoms with Gasteiger partial charge in [-0.3, -0.25) is 0 Å². The molecule has 0 saturated heterocycles. The number of urea groups is 1. The Balaban J connectivity index is 1.60. The van der Waals surface area contributed by atoms with E-state index >= 15 is 0 Å². The third kappa shape index (κ3) is 3.06. The van der Waals surface area contributed by atoms with Crippen LogP contribution in [0.25, 0.3) is 10.9 Å². The molecule has 0 radical (unpaired) electrons. The van der Waals surface area contributed by atoms with E-state index < -0.39 is 17.7 Å². The predicted octanol–water partition coefficient (Wildman–Crippen LogP) is 3.77. The molecule has 1 aromatic heterocycles. The molecule has 1 heterocycles. The summed E-state index contributed by atoms with van der Waals surface area (Å²) in [4.78, 5) is 14.9. The second kappa shape index (κ2) is 5.85. The Labute approximate surface area is 125 Å². The molecule has 3 aromatic rings. The number of amides is 2. The van der Waals surface area contributed by atoms with Crippen LogP contribution in [0.4, 0.5) is 19.3 Å². The van der Waals surface area contributed by atoms with Crippen LogP contribution in [0.1, 0.15) is 5.56 Å². The molecule has 0 aliphatic rings. The normalized spacial score (nSPS) is 10.6. The predicted molar refractivity (Wildman–Crippen MR) is 80.5 cm³/mol. The fraction of sp³-hybridized carbons (Fsp3) is 0.0625. The first-order valence-electron chi connectivity index (χ1n) is 6.68. The van der Waals surface area contributed by atoms with Gasteiger partial charge in [-0.05, 0) is 41.3 Å². The molecule has 3 rings (SSSR count). The van der Waals surface area contributed by atoms with Gasteiger partial charge in [0.1, 0.15) is 0 Å². The minimum absolute atomic E-state index is 0.105. The lowest BCUT2D eigenvalue weighted by Gasteiger charge is -2.08. The molecule has 2 aromatic carbocycles. The van der Waals surface area contributed by atoms with Crippen molar-refractivity contribution in [2.75, 3.05) is 5.32 Å². The number of carbonyl (C=O) groups is 1. The maximum Gasteiger partial charge on any atom is 0.319 e. The molecule has 0 unspecified atom stereocenters. The number of aromatic nitrogens is 1. The van der Waals surface area contributed by atoms with Crippen LogP contribution in [0.5, 0.6) is 0 Å². The van der Waals surface area contributed by atoms with Crippen molar-refractivity contribution in [1.82, 2.24) is 10.3 Å². The summed E-state index contributed by atoms with van der Waals surface area (Å²) in [5, 5.41) is 6.32. The smallest absolute Gasteiger partial charge is 0.319 e. The first kappa shape index (κ1) is 14.1. The highest BCUT2D eigenvalue weighted by molar-refractivity contribution is 5.92. The van der Waals surface area contributed by atoms with Crippen molar-refractivity contribution in [3.05, 3.63) is 65.9 Å². The van der Waals surface area contributed by atoms with Gasteiger partial charge >= 0.3 is 6.03 Å². The van der Waals surface area contributed by atoms with E-state index in [1.807, 2.05) is 24.4 Å². The third-order valence-electron chi connectivity index (χ3n) is 3.25. The highest BCUT2D eigenvalue weighted by atomic mass is 19.2. The average molecular weight is 301 g/mol. The molecule has 22 heavy (non-hydrogen) atoms. The van der Waals surface area contributed by atoms with Crippen LogP contribution in [-0.4, -0.2) is 11.0 Å². The zero-order valence-corrected chi connectivity index (χ0v) is 11.5. The monoisotopic (exact) mass is 301 g/mol. The Morgan fingerprint density at radius 2 is 1.91 bits per heavy atom. The second-order valence-corrected chi connectivity index (χ2v) is 4.84. The first-order valence-corrected chi connectivity index (χ1v) is 6.68. The van der Waals surface area contributed by atoms with Crippen molar-refractivity contribution >= 4 is 22.6 Å². The van der Waals surface area contributed by atoms with Crippen molar-refractivity contribution < 1.29 is 13.6 Å². The Hall–Kier alpha value is -2.89. The van der Waals surface area contributed by atoms with Crippen LogP contribution in [0.15, 0.2) is 48.7 Å². The second-order valence-electron chi connectivity index (χ2n) is 4.84. The standard InChI is InChI=1S/C16H13F2N3O/c17-13-4-1-10(7-14(13)18)9-20-16(22)21-12-3-2-11-5-6-19-15(11)8-12/h1-8,19H,9H2,(H2,20,21,22). The third-order valence-corrected chi connectivity index (χ3v) is 3.25. The Morgan fingerprint density at radius 3 is 2.73 bits per heavy atom. The molecule has 3 N–H and O–H groups in total. The van der Waals surface area contributed by atoms with Gasteiger partial charge in [0, 0.05) is 23.9 Å². The number of hydrogen-bond donors (Lipinski definition) is 3. The summed E-state index contributed by atoms with van der Waals surface area (Å²) in [5.41, 5.74) is 2.03. The molecule has 0 bridgehead atoms. The molecular formula is C16H13F2N3O. The van der Waals surface area contributed by atoms with Crippen LogP contribution in [0.2, 0.25) is 0 Å². The van der Waals surface area contributed by atoms with E-state index in [4.69, 9.17) is 0 Å². The molecule has 112 valence electrons. The number of benzene rings is 2. The van der Waals surface area contributed by atoms with Crippen LogP contribution in [0, 0.1) is 11.6 Å². The summed E-state index contributed by atoms with van der Waals surface area (Å²) >= 11 is 0. The number of fused-ring (bicyclic) bond motifs is 1. The maximum absolute atomic E-state index is 13.1. The van der Waals surface area contributed by atoms with Gasteiger partial charge < -0.3 is 15.6 Å². The van der Waals surface area contributed by atoms with Gasteiger partial charge in [0.05, 0.1) is 0 Å². The highest BCUT2D eigenvalue weighted by Gasteiger charge is 2.05. The van der Waals surface area contributed by atoms with Gasteiger partial charge in [-0.1, -0.05) is 12.1 Å². The number of carbonyl (C=O) groups excluding carboxylic acids is 1. The van der Waals surface area contributed by atoms with Crippen molar-refractivity contribution in [2.45, 2.75) is 6.54 Å². The zero-order valence-electron chi connectivity index (χ0n) is 11.5. The maximum atomic E-state index is 13.1. The fourth-order valence-electron chi connectivity index (χ4n) is 2.13. The summed E-state index contributed by atoms with van der Waals surface area (Å²) in [6.07, 6.45) is 1.82. The molecule has 0 aliphatic carbocycles. The van der Waals surface area contributed by atoms with Crippen molar-refractivity contribution in [3.8, 4) is 0 Å². The number of aromatic amines is 1. The average Bonchev–Trinajstić information content (AvgIpc) is 2.96. The topological polar surface area (TPSA) is 56.9 Å². The van der Waals surface area contributed by atoms with E-state index in [9.17, 15) is 13.6 Å². The Bertz CT molecular complexity index is 829. The number of anilines is 1. The van der Waals surface area contributed by atoms with Gasteiger partial charge in [-0.15, -0.1) is 0 Å². The number of hydrogen-bond acceptors (Lipinski definition) is 1. The molecule has 0 aliphatic heterocycles. The van der Waals surface area contributed by atoms with Gasteiger partial charge in [0.15, 0.2) is 11.6 Å². The number of nitrogens with one attached hydrogen (secondary N) is 3. The molecule has 4 nitrogen and oxygen atoms in total. The molecule has 0 atom stereocenters. The molecule has 0 saturated carbocycles. The fourth-order valence-corrected chi connectivity index (χ4v) is 2.13. The van der Waals surface area contributed by atoms with Crippen LogP contribution in [0.3, 0.4) is 0 Å². The number of halogens is 2. The van der Waals surface area contributed by atoms with Crippen LogP contribution in [-0.2, 0) is 6.54 Å². The minimum atomic E-state index is -0.933. The Kier molecular flexibility index (Phi) is 3.74. The molecule has 2 amide bonds. The summed E-state index contributed by atoms with van der Waals surface area (Å²) in [5.74, 6) is -1.84. The van der Waals surface area contributed by atoms with Crippen molar-refractivity contribution in [3.63, 3.8) is 0 Å². The van der Waals surface area contributed by atoms with E-state index in [1.54, 1.807) is 6.07 Å². The summed E-state index contributed by atoms with van der Waals surface area (Å²) in [6, 6.07) is 10.5. The molecular weight excluding hydrogens is 288 g/mol. The lowest BCUT2D eigenvalue weighted by Crippen LogP contribution is -2.28. The van der Waals surface area contributed by atoms with Gasteiger partial charge in [0.2, 0.25) is 0 Å². The van der Waals surface area contributed by atoms with Gasteiger partial charge in [-0.25, -0.2) is 13.6 Å². The summed E-state index contributed by atoms with van der Waals surface area (Å²) in [6.45, 7) is 0.105. The van der Waals surface area contributed by atoms with E-state index in [-0.39, 0.29) is 6.54 Å². The summed E-state index contributed by atoms with van der Waals surface area (Å²) < 4.78 is 25.9. The zero-order chi connectivity index (χ0) is 15.5. The van der Waals surface area contributed by atoms with Gasteiger partial charge in [-0.2, -0.15) is 0 Å². The SMILES string of the molecule is O=C(NCc1ccc(F)c(F)c1)Nc1ccc2cc[nH]c2c1. The van der Waals surface area contributed by atoms with E-state index in [2.05, 4.69) is 15.6 Å². The minimum Gasteiger partial charge on any atom is -0.361 e. The number of H-pyrrole nitrogens is 1. The van der Waals surface area contributed by atoms with Crippen molar-refractivity contribution in [1.29, 1.82) is 0 Å². The van der Waals surface area contributed by atoms with E-state index in [0.717, 1.165) is 23.0 Å². The first-order chi connectivity index (χ1) is 10.6. The van der Waals surface area contributed by atoms with Crippen LogP contribution < -0.4 is 10.6 Å². The molecule has 0 spiro atoms. The largest absolute Gasteiger partial charge is 0.361 e. The van der Waals surface area contributed by atoms with E-state index in [1.165, 1.54) is 6.07 Å². The quantitative estimate of drug-likeness (QED) is 0.677. The Morgan fingerprint density at radius 1 is 1.05 bits per heavy atom.